The first-order chi connectivity index (χ1) is 14.9. The Morgan fingerprint density at radius 1 is 0.903 bits per heavy atom. The van der Waals surface area contributed by atoms with Crippen LogP contribution in [0.3, 0.4) is 0 Å². The van der Waals surface area contributed by atoms with E-state index in [2.05, 4.69) is 4.72 Å². The zero-order chi connectivity index (χ0) is 21.8. The average Bonchev–Trinajstić information content (AvgIpc) is 3.46. The lowest BCUT2D eigenvalue weighted by molar-refractivity contribution is -0.132. The molecule has 1 fully saturated rings. The highest BCUT2D eigenvalue weighted by Gasteiger charge is 2.27. The molecule has 2 aromatic rings. The zero-order valence-corrected chi connectivity index (χ0v) is 18.2. The summed E-state index contributed by atoms with van der Waals surface area (Å²) in [6, 6.07) is 14.2. The second-order valence-electron chi connectivity index (χ2n) is 7.98. The van der Waals surface area contributed by atoms with Crippen LogP contribution in [0.2, 0.25) is 0 Å². The topological polar surface area (TPSA) is 86.8 Å². The van der Waals surface area contributed by atoms with Crippen LogP contribution in [0.1, 0.15) is 36.8 Å². The number of carbonyl (C=O) groups is 2. The number of hydrogen-bond acceptors (Lipinski definition) is 4. The van der Waals surface area contributed by atoms with Crippen LogP contribution in [-0.2, 0) is 32.6 Å². The van der Waals surface area contributed by atoms with Crippen LogP contribution < -0.4 is 9.62 Å². The molecular formula is C23H27N3O4S. The number of anilines is 1. The molecule has 4 rings (SSSR count). The molecule has 7 nitrogen and oxygen atoms in total. The van der Waals surface area contributed by atoms with Gasteiger partial charge in [0.25, 0.3) is 0 Å². The van der Waals surface area contributed by atoms with Crippen LogP contribution in [0, 0.1) is 0 Å². The lowest BCUT2D eigenvalue weighted by atomic mass is 10.2. The predicted octanol–water partition coefficient (Wildman–Crippen LogP) is 2.46. The normalized spacial score (nSPS) is 15.9. The molecule has 164 valence electrons. The van der Waals surface area contributed by atoms with Crippen LogP contribution in [0.15, 0.2) is 53.4 Å². The third kappa shape index (κ3) is 4.97. The Kier molecular flexibility index (Phi) is 6.38. The Bertz CT molecular complexity index is 1060. The van der Waals surface area contributed by atoms with E-state index in [0.29, 0.717) is 13.0 Å². The summed E-state index contributed by atoms with van der Waals surface area (Å²) in [5.74, 6) is -0.0553. The van der Waals surface area contributed by atoms with E-state index in [1.807, 2.05) is 35.2 Å². The van der Waals surface area contributed by atoms with Crippen molar-refractivity contribution in [3.63, 3.8) is 0 Å². The molecule has 2 heterocycles. The maximum Gasteiger partial charge on any atom is 0.240 e. The van der Waals surface area contributed by atoms with E-state index in [4.69, 9.17) is 0 Å². The Morgan fingerprint density at radius 3 is 2.35 bits per heavy atom. The van der Waals surface area contributed by atoms with Crippen molar-refractivity contribution in [1.29, 1.82) is 0 Å². The Labute approximate surface area is 183 Å². The molecule has 2 aliphatic heterocycles. The van der Waals surface area contributed by atoms with Crippen LogP contribution in [0.5, 0.6) is 0 Å². The molecular weight excluding hydrogens is 414 g/mol. The molecule has 31 heavy (non-hydrogen) atoms. The second-order valence-corrected chi connectivity index (χ2v) is 9.75. The van der Waals surface area contributed by atoms with E-state index in [-0.39, 0.29) is 36.1 Å². The van der Waals surface area contributed by atoms with E-state index < -0.39 is 10.0 Å². The van der Waals surface area contributed by atoms with Gasteiger partial charge in [-0.15, -0.1) is 0 Å². The number of rotatable bonds is 7. The van der Waals surface area contributed by atoms with E-state index in [9.17, 15) is 18.0 Å². The highest BCUT2D eigenvalue weighted by molar-refractivity contribution is 7.89. The summed E-state index contributed by atoms with van der Waals surface area (Å²) in [7, 11) is -3.65. The van der Waals surface area contributed by atoms with Crippen molar-refractivity contribution < 1.29 is 18.0 Å². The number of nitrogens with zero attached hydrogens (tertiary/aromatic N) is 2. The van der Waals surface area contributed by atoms with Gasteiger partial charge >= 0.3 is 0 Å². The van der Waals surface area contributed by atoms with E-state index in [0.717, 1.165) is 42.7 Å². The first-order valence-electron chi connectivity index (χ1n) is 10.7. The molecule has 2 aliphatic rings. The molecule has 0 spiro atoms. The van der Waals surface area contributed by atoms with Crippen LogP contribution in [0.25, 0.3) is 0 Å². The summed E-state index contributed by atoms with van der Waals surface area (Å²) < 4.78 is 28.0. The standard InChI is InChI=1S/C23H27N3O4S/c27-22(25-13-4-5-14-25)10-11-23(28)26-15-12-19-16-20(8-9-21(19)26)31(29,30)24-17-18-6-2-1-3-7-18/h1-3,6-9,16,24H,4-5,10-15,17H2. The fourth-order valence-electron chi connectivity index (χ4n) is 4.14. The number of amides is 2. The molecule has 0 unspecified atom stereocenters. The number of nitrogens with one attached hydrogen (secondary N) is 1. The molecule has 2 amide bonds. The van der Waals surface area contributed by atoms with Gasteiger partial charge < -0.3 is 9.80 Å². The zero-order valence-electron chi connectivity index (χ0n) is 17.4. The van der Waals surface area contributed by atoms with E-state index >= 15 is 0 Å². The van der Waals surface area contributed by atoms with Crippen LogP contribution >= 0.6 is 0 Å². The van der Waals surface area contributed by atoms with E-state index in [1.54, 1.807) is 17.0 Å². The molecule has 0 bridgehead atoms. The Balaban J connectivity index is 1.39. The fourth-order valence-corrected chi connectivity index (χ4v) is 5.20. The molecule has 0 radical (unpaired) electrons. The monoisotopic (exact) mass is 441 g/mol. The van der Waals surface area contributed by atoms with Crippen molar-refractivity contribution in [1.82, 2.24) is 9.62 Å². The smallest absolute Gasteiger partial charge is 0.240 e. The third-order valence-electron chi connectivity index (χ3n) is 5.88. The summed E-state index contributed by atoms with van der Waals surface area (Å²) in [5, 5.41) is 0. The van der Waals surface area contributed by atoms with Crippen LogP contribution in [0.4, 0.5) is 5.69 Å². The van der Waals surface area contributed by atoms with Gasteiger partial charge in [-0.1, -0.05) is 30.3 Å². The minimum Gasteiger partial charge on any atom is -0.343 e. The van der Waals surface area contributed by atoms with Crippen LogP contribution in [-0.4, -0.2) is 44.8 Å². The molecule has 1 N–H and O–H groups in total. The Hall–Kier alpha value is -2.71. The largest absolute Gasteiger partial charge is 0.343 e. The number of sulfonamides is 1. The third-order valence-corrected chi connectivity index (χ3v) is 7.28. The van der Waals surface area contributed by atoms with E-state index in [1.165, 1.54) is 6.07 Å². The number of carbonyl (C=O) groups excluding carboxylic acids is 2. The van der Waals surface area contributed by atoms with Gasteiger partial charge in [-0.3, -0.25) is 9.59 Å². The predicted molar refractivity (Wildman–Crippen MR) is 118 cm³/mol. The fraction of sp³-hybridized carbons (Fsp3) is 0.391. The SMILES string of the molecule is O=C(CCC(=O)N1CCc2cc(S(=O)(=O)NCc3ccccc3)ccc21)N1CCCC1. The number of likely N-dealkylation sites (tertiary alicyclic amines) is 1. The minimum absolute atomic E-state index is 0.0382. The summed E-state index contributed by atoms with van der Waals surface area (Å²) in [4.78, 5) is 28.6. The van der Waals surface area contributed by atoms with Gasteiger partial charge in [-0.05, 0) is 48.6 Å². The van der Waals surface area contributed by atoms with Gasteiger partial charge in [-0.2, -0.15) is 0 Å². The lowest BCUT2D eigenvalue weighted by Gasteiger charge is -2.19. The summed E-state index contributed by atoms with van der Waals surface area (Å²) in [6.45, 7) is 2.30. The van der Waals surface area contributed by atoms with Crippen molar-refractivity contribution in [2.45, 2.75) is 43.5 Å². The maximum absolute atomic E-state index is 12.7. The summed E-state index contributed by atoms with van der Waals surface area (Å²) in [5.41, 5.74) is 2.45. The lowest BCUT2D eigenvalue weighted by Crippen LogP contribution is -2.32. The first kappa shape index (κ1) is 21.5. The van der Waals surface area contributed by atoms with Crippen molar-refractivity contribution in [3.8, 4) is 0 Å². The molecule has 0 atom stereocenters. The number of hydrogen-bond donors (Lipinski definition) is 1. The molecule has 1 saturated heterocycles. The van der Waals surface area contributed by atoms with Crippen molar-refractivity contribution in [2.75, 3.05) is 24.5 Å². The minimum atomic E-state index is -3.65. The highest BCUT2D eigenvalue weighted by atomic mass is 32.2. The van der Waals surface area contributed by atoms with Gasteiger partial charge in [0.15, 0.2) is 0 Å². The second kappa shape index (κ2) is 9.20. The van der Waals surface area contributed by atoms with Gasteiger partial charge in [0, 0.05) is 44.7 Å². The van der Waals surface area contributed by atoms with Gasteiger partial charge in [0.1, 0.15) is 0 Å². The number of benzene rings is 2. The number of fused-ring (bicyclic) bond motifs is 1. The van der Waals surface area contributed by atoms with Gasteiger partial charge in [-0.25, -0.2) is 13.1 Å². The van der Waals surface area contributed by atoms with Gasteiger partial charge in [0.2, 0.25) is 21.8 Å². The molecule has 2 aromatic carbocycles. The van der Waals surface area contributed by atoms with Crippen molar-refractivity contribution in [2.24, 2.45) is 0 Å². The molecule has 0 aliphatic carbocycles. The first-order valence-corrected chi connectivity index (χ1v) is 12.2. The summed E-state index contributed by atoms with van der Waals surface area (Å²) in [6.07, 6.45) is 3.06. The summed E-state index contributed by atoms with van der Waals surface area (Å²) >= 11 is 0. The molecule has 0 saturated carbocycles. The average molecular weight is 442 g/mol. The quantitative estimate of drug-likeness (QED) is 0.715. The highest BCUT2D eigenvalue weighted by Crippen LogP contribution is 2.31. The van der Waals surface area contributed by atoms with Gasteiger partial charge in [0.05, 0.1) is 4.90 Å². The Morgan fingerprint density at radius 2 is 1.61 bits per heavy atom. The van der Waals surface area contributed by atoms with Crippen molar-refractivity contribution >= 4 is 27.5 Å². The molecule has 8 heteroatoms. The maximum atomic E-state index is 12.7. The van der Waals surface area contributed by atoms with Crippen molar-refractivity contribution in [3.05, 3.63) is 59.7 Å². The molecule has 0 aromatic heterocycles.